The molecule has 0 atom stereocenters. The van der Waals surface area contributed by atoms with Gasteiger partial charge in [-0.25, -0.2) is 9.97 Å². The fraction of sp³-hybridized carbons (Fsp3) is 0.296. The van der Waals surface area contributed by atoms with Crippen LogP contribution in [0.4, 0.5) is 17.2 Å². The summed E-state index contributed by atoms with van der Waals surface area (Å²) in [4.78, 5) is 25.3. The highest BCUT2D eigenvalue weighted by molar-refractivity contribution is 7.16. The zero-order valence-corrected chi connectivity index (χ0v) is 21.2. The molecule has 4 aromatic rings. The monoisotopic (exact) mass is 515 g/mol. The Morgan fingerprint density at radius 1 is 1.03 bits per heavy atom. The van der Waals surface area contributed by atoms with Gasteiger partial charge in [0.1, 0.15) is 10.6 Å². The first kappa shape index (κ1) is 24.0. The molecule has 190 valence electrons. The van der Waals surface area contributed by atoms with E-state index in [9.17, 15) is 4.79 Å². The van der Waals surface area contributed by atoms with Gasteiger partial charge in [0.2, 0.25) is 5.91 Å². The SMILES string of the molecule is O=C(CN1CCOCC1)Nc1cccc(-c2nc(Nc3ccc(C4CNNC4)cc3)c3ccsc3n2)c1. The van der Waals surface area contributed by atoms with Crippen molar-refractivity contribution in [2.24, 2.45) is 0 Å². The summed E-state index contributed by atoms with van der Waals surface area (Å²) in [5.74, 6) is 1.81. The van der Waals surface area contributed by atoms with Gasteiger partial charge in [0, 0.05) is 49.0 Å². The minimum atomic E-state index is -0.0383. The minimum Gasteiger partial charge on any atom is -0.379 e. The molecule has 0 saturated carbocycles. The summed E-state index contributed by atoms with van der Waals surface area (Å²) < 4.78 is 5.37. The van der Waals surface area contributed by atoms with E-state index in [2.05, 4.69) is 50.7 Å². The summed E-state index contributed by atoms with van der Waals surface area (Å²) in [5.41, 5.74) is 10.2. The molecular weight excluding hydrogens is 486 g/mol. The Morgan fingerprint density at radius 3 is 2.65 bits per heavy atom. The number of carbonyl (C=O) groups excluding carboxylic acids is 1. The summed E-state index contributed by atoms with van der Waals surface area (Å²) in [5, 5.41) is 9.52. The van der Waals surface area contributed by atoms with Gasteiger partial charge in [-0.3, -0.25) is 20.5 Å². The van der Waals surface area contributed by atoms with Crippen molar-refractivity contribution in [1.82, 2.24) is 25.7 Å². The van der Waals surface area contributed by atoms with Gasteiger partial charge < -0.3 is 15.4 Å². The molecule has 0 spiro atoms. The fourth-order valence-electron chi connectivity index (χ4n) is 4.65. The predicted octanol–water partition coefficient (Wildman–Crippen LogP) is 3.56. The molecular formula is C27H29N7O2S. The number of nitrogens with zero attached hydrogens (tertiary/aromatic N) is 3. The van der Waals surface area contributed by atoms with Crippen molar-refractivity contribution in [2.45, 2.75) is 5.92 Å². The molecule has 2 aliphatic rings. The third-order valence-corrected chi connectivity index (χ3v) is 7.47. The third-order valence-electron chi connectivity index (χ3n) is 6.67. The molecule has 2 saturated heterocycles. The summed E-state index contributed by atoms with van der Waals surface area (Å²) >= 11 is 1.58. The van der Waals surface area contributed by atoms with Crippen LogP contribution < -0.4 is 21.5 Å². The van der Waals surface area contributed by atoms with Crippen LogP contribution in [0.3, 0.4) is 0 Å². The first-order chi connectivity index (χ1) is 18.2. The van der Waals surface area contributed by atoms with E-state index in [1.165, 1.54) is 5.56 Å². The quantitative estimate of drug-likeness (QED) is 0.296. The molecule has 37 heavy (non-hydrogen) atoms. The number of anilines is 3. The van der Waals surface area contributed by atoms with Gasteiger partial charge in [-0.05, 0) is 41.3 Å². The molecule has 4 heterocycles. The number of morpholine rings is 1. The van der Waals surface area contributed by atoms with E-state index in [4.69, 9.17) is 14.7 Å². The average molecular weight is 516 g/mol. The molecule has 10 heteroatoms. The number of amides is 1. The van der Waals surface area contributed by atoms with Crippen LogP contribution in [0.25, 0.3) is 21.6 Å². The number of hydrazine groups is 1. The lowest BCUT2D eigenvalue weighted by Crippen LogP contribution is -2.41. The number of rotatable bonds is 7. The Labute approximate surface area is 219 Å². The normalized spacial score (nSPS) is 16.8. The van der Waals surface area contributed by atoms with Crippen LogP contribution in [-0.2, 0) is 9.53 Å². The number of hydrogen-bond donors (Lipinski definition) is 4. The van der Waals surface area contributed by atoms with Crippen LogP contribution >= 0.6 is 11.3 Å². The van der Waals surface area contributed by atoms with Gasteiger partial charge in [-0.1, -0.05) is 24.3 Å². The number of benzene rings is 2. The van der Waals surface area contributed by atoms with Gasteiger partial charge in [-0.15, -0.1) is 11.3 Å². The van der Waals surface area contributed by atoms with Gasteiger partial charge >= 0.3 is 0 Å². The maximum absolute atomic E-state index is 12.6. The second-order valence-corrected chi connectivity index (χ2v) is 10.2. The van der Waals surface area contributed by atoms with Gasteiger partial charge in [0.15, 0.2) is 5.82 Å². The number of ether oxygens (including phenoxy) is 1. The highest BCUT2D eigenvalue weighted by atomic mass is 32.1. The highest BCUT2D eigenvalue weighted by Crippen LogP contribution is 2.31. The van der Waals surface area contributed by atoms with Crippen LogP contribution in [0, 0.1) is 0 Å². The topological polar surface area (TPSA) is 103 Å². The van der Waals surface area contributed by atoms with Crippen LogP contribution in [0.5, 0.6) is 0 Å². The van der Waals surface area contributed by atoms with Crippen molar-refractivity contribution in [1.29, 1.82) is 0 Å². The fourth-order valence-corrected chi connectivity index (χ4v) is 5.42. The number of carbonyl (C=O) groups is 1. The Hall–Kier alpha value is -3.41. The second kappa shape index (κ2) is 10.9. The van der Waals surface area contributed by atoms with Crippen molar-refractivity contribution in [2.75, 3.05) is 56.6 Å². The number of fused-ring (bicyclic) bond motifs is 1. The zero-order chi connectivity index (χ0) is 25.0. The van der Waals surface area contributed by atoms with Crippen molar-refractivity contribution in [3.05, 3.63) is 65.5 Å². The summed E-state index contributed by atoms with van der Waals surface area (Å²) in [6.45, 7) is 5.11. The molecule has 1 amide bonds. The van der Waals surface area contributed by atoms with Gasteiger partial charge in [0.05, 0.1) is 25.1 Å². The number of thiophene rings is 1. The van der Waals surface area contributed by atoms with E-state index in [1.807, 2.05) is 35.7 Å². The Kier molecular flexibility index (Phi) is 7.07. The molecule has 9 nitrogen and oxygen atoms in total. The molecule has 0 aliphatic carbocycles. The lowest BCUT2D eigenvalue weighted by Gasteiger charge is -2.25. The van der Waals surface area contributed by atoms with E-state index in [-0.39, 0.29) is 5.91 Å². The van der Waals surface area contributed by atoms with Gasteiger partial charge in [0.25, 0.3) is 0 Å². The first-order valence-corrected chi connectivity index (χ1v) is 13.4. The molecule has 0 unspecified atom stereocenters. The lowest BCUT2D eigenvalue weighted by molar-refractivity contribution is -0.118. The van der Waals surface area contributed by atoms with Crippen molar-refractivity contribution in [3.63, 3.8) is 0 Å². The molecule has 6 rings (SSSR count). The number of aromatic nitrogens is 2. The number of nitrogens with one attached hydrogen (secondary N) is 4. The number of hydrogen-bond acceptors (Lipinski definition) is 9. The van der Waals surface area contributed by atoms with Crippen LogP contribution in [0.1, 0.15) is 11.5 Å². The molecule has 2 aliphatic heterocycles. The Bertz CT molecular complexity index is 1380. The molecule has 2 fully saturated rings. The van der Waals surface area contributed by atoms with Crippen LogP contribution in [0.15, 0.2) is 60.0 Å². The Morgan fingerprint density at radius 2 is 1.84 bits per heavy atom. The van der Waals surface area contributed by atoms with Crippen molar-refractivity contribution < 1.29 is 9.53 Å². The summed E-state index contributed by atoms with van der Waals surface area (Å²) in [6.07, 6.45) is 0. The predicted molar refractivity (Wildman–Crippen MR) is 147 cm³/mol. The molecule has 0 radical (unpaired) electrons. The van der Waals surface area contributed by atoms with E-state index < -0.39 is 0 Å². The summed E-state index contributed by atoms with van der Waals surface area (Å²) in [6, 6.07) is 18.3. The van der Waals surface area contributed by atoms with Gasteiger partial charge in [-0.2, -0.15) is 0 Å². The second-order valence-electron chi connectivity index (χ2n) is 9.26. The smallest absolute Gasteiger partial charge is 0.238 e. The van der Waals surface area contributed by atoms with E-state index in [0.29, 0.717) is 31.5 Å². The van der Waals surface area contributed by atoms with Crippen LogP contribution in [0.2, 0.25) is 0 Å². The Balaban J connectivity index is 1.21. The average Bonchev–Trinajstić information content (AvgIpc) is 3.63. The zero-order valence-electron chi connectivity index (χ0n) is 20.4. The molecule has 4 N–H and O–H groups in total. The maximum Gasteiger partial charge on any atom is 0.238 e. The first-order valence-electron chi connectivity index (χ1n) is 12.5. The molecule has 2 aromatic carbocycles. The standard InChI is InChI=1S/C27H29N7O2S/c35-24(17-34-9-11-36-12-10-34)30-22-3-1-2-19(14-22)25-32-26(23-8-13-37-27(23)33-25)31-21-6-4-18(5-7-21)20-15-28-29-16-20/h1-8,13-14,20,28-29H,9-12,15-17H2,(H,30,35)(H,31,32,33). The lowest BCUT2D eigenvalue weighted by atomic mass is 10.0. The van der Waals surface area contributed by atoms with E-state index in [0.717, 1.165) is 59.2 Å². The highest BCUT2D eigenvalue weighted by Gasteiger charge is 2.17. The van der Waals surface area contributed by atoms with Crippen molar-refractivity contribution in [3.8, 4) is 11.4 Å². The molecule has 0 bridgehead atoms. The minimum absolute atomic E-state index is 0.0383. The van der Waals surface area contributed by atoms with Crippen LogP contribution in [-0.4, -0.2) is 66.7 Å². The summed E-state index contributed by atoms with van der Waals surface area (Å²) in [7, 11) is 0. The maximum atomic E-state index is 12.6. The largest absolute Gasteiger partial charge is 0.379 e. The molecule has 2 aromatic heterocycles. The third kappa shape index (κ3) is 5.63. The van der Waals surface area contributed by atoms with E-state index >= 15 is 0 Å². The van der Waals surface area contributed by atoms with Crippen molar-refractivity contribution >= 4 is 44.7 Å². The van der Waals surface area contributed by atoms with E-state index in [1.54, 1.807) is 11.3 Å².